The highest BCUT2D eigenvalue weighted by molar-refractivity contribution is 6.30. The zero-order valence-electron chi connectivity index (χ0n) is 16.4. The van der Waals surface area contributed by atoms with E-state index in [1.54, 1.807) is 19.3 Å². The van der Waals surface area contributed by atoms with Gasteiger partial charge in [0.2, 0.25) is 0 Å². The lowest BCUT2D eigenvalue weighted by atomic mass is 9.86. The number of ether oxygens (including phenoxy) is 3. The van der Waals surface area contributed by atoms with Crippen molar-refractivity contribution in [3.05, 3.63) is 71.0 Å². The molecule has 146 valence electrons. The van der Waals surface area contributed by atoms with Gasteiger partial charge in [-0.05, 0) is 55.5 Å². The van der Waals surface area contributed by atoms with E-state index in [1.165, 1.54) is 5.56 Å². The summed E-state index contributed by atoms with van der Waals surface area (Å²) < 4.78 is 15.9. The molecule has 0 amide bonds. The normalized spacial score (nSPS) is 15.1. The molecule has 0 saturated carbocycles. The fourth-order valence-corrected chi connectivity index (χ4v) is 3.31. The Morgan fingerprint density at radius 3 is 2.54 bits per heavy atom. The van der Waals surface area contributed by atoms with E-state index in [2.05, 4.69) is 19.1 Å². The second-order valence-electron chi connectivity index (χ2n) is 6.80. The number of carbonyl (C=O) groups excluding carboxylic acids is 2. The Labute approximate surface area is 164 Å². The van der Waals surface area contributed by atoms with Gasteiger partial charge >= 0.3 is 11.9 Å². The largest absolute Gasteiger partial charge is 0.465 e. The van der Waals surface area contributed by atoms with E-state index in [9.17, 15) is 9.59 Å². The SMILES string of the molecule is CCOC(=O)C(=O)Oc1cc(C)cc2c1C(C)C(CCc1ccccc1)=CO2. The summed E-state index contributed by atoms with van der Waals surface area (Å²) in [6.07, 6.45) is 3.50. The number of fused-ring (bicyclic) bond motifs is 1. The number of aryl methyl sites for hydroxylation is 2. The van der Waals surface area contributed by atoms with Gasteiger partial charge in [0.15, 0.2) is 0 Å². The van der Waals surface area contributed by atoms with Crippen molar-refractivity contribution in [2.75, 3.05) is 6.61 Å². The van der Waals surface area contributed by atoms with Crippen LogP contribution in [0.1, 0.15) is 42.9 Å². The predicted octanol–water partition coefficient (Wildman–Crippen LogP) is 4.48. The molecule has 1 unspecified atom stereocenters. The third-order valence-electron chi connectivity index (χ3n) is 4.76. The fraction of sp³-hybridized carbons (Fsp3) is 0.304. The Morgan fingerprint density at radius 2 is 1.82 bits per heavy atom. The molecule has 0 saturated heterocycles. The van der Waals surface area contributed by atoms with E-state index < -0.39 is 11.9 Å². The first-order valence-corrected chi connectivity index (χ1v) is 9.42. The first-order chi connectivity index (χ1) is 13.5. The molecule has 0 aromatic heterocycles. The summed E-state index contributed by atoms with van der Waals surface area (Å²) in [5.74, 6) is -1.05. The van der Waals surface area contributed by atoms with Crippen LogP contribution in [0, 0.1) is 6.92 Å². The minimum Gasteiger partial charge on any atom is -0.465 e. The van der Waals surface area contributed by atoms with Crippen LogP contribution in [0.4, 0.5) is 0 Å². The first-order valence-electron chi connectivity index (χ1n) is 9.42. The van der Waals surface area contributed by atoms with Gasteiger partial charge in [0.05, 0.1) is 12.9 Å². The highest BCUT2D eigenvalue weighted by atomic mass is 16.6. The molecule has 28 heavy (non-hydrogen) atoms. The maximum atomic E-state index is 12.0. The van der Waals surface area contributed by atoms with E-state index in [4.69, 9.17) is 14.2 Å². The first kappa shape index (κ1) is 19.7. The van der Waals surface area contributed by atoms with E-state index in [0.29, 0.717) is 11.5 Å². The minimum atomic E-state index is -1.03. The van der Waals surface area contributed by atoms with Gasteiger partial charge in [-0.25, -0.2) is 9.59 Å². The molecule has 1 atom stereocenters. The topological polar surface area (TPSA) is 61.8 Å². The molecule has 5 nitrogen and oxygen atoms in total. The summed E-state index contributed by atoms with van der Waals surface area (Å²) in [5.41, 5.74) is 4.00. The second kappa shape index (κ2) is 8.74. The molecule has 3 rings (SSSR count). The number of rotatable bonds is 5. The molecule has 0 N–H and O–H groups in total. The molecule has 1 heterocycles. The molecule has 0 bridgehead atoms. The van der Waals surface area contributed by atoms with Gasteiger partial charge in [-0.2, -0.15) is 0 Å². The highest BCUT2D eigenvalue weighted by Crippen LogP contribution is 2.44. The van der Waals surface area contributed by atoms with Gasteiger partial charge in [-0.1, -0.05) is 37.3 Å². The van der Waals surface area contributed by atoms with Crippen molar-refractivity contribution in [1.82, 2.24) is 0 Å². The molecule has 1 aliphatic heterocycles. The van der Waals surface area contributed by atoms with Gasteiger partial charge in [0.1, 0.15) is 11.5 Å². The van der Waals surface area contributed by atoms with Crippen molar-refractivity contribution in [2.24, 2.45) is 0 Å². The Bertz CT molecular complexity index is 899. The summed E-state index contributed by atoms with van der Waals surface area (Å²) in [7, 11) is 0. The van der Waals surface area contributed by atoms with E-state index >= 15 is 0 Å². The van der Waals surface area contributed by atoms with Gasteiger partial charge in [0, 0.05) is 11.5 Å². The van der Waals surface area contributed by atoms with E-state index in [0.717, 1.165) is 29.5 Å². The standard InChI is InChI=1S/C23H24O5/c1-4-26-22(24)23(25)28-20-13-15(2)12-19-21(20)16(3)18(14-27-19)11-10-17-8-6-5-7-9-17/h5-9,12-14,16H,4,10-11H2,1-3H3. The van der Waals surface area contributed by atoms with Crippen molar-refractivity contribution in [2.45, 2.75) is 39.5 Å². The lowest BCUT2D eigenvalue weighted by molar-refractivity contribution is -0.161. The summed E-state index contributed by atoms with van der Waals surface area (Å²) in [6, 6.07) is 13.9. The third kappa shape index (κ3) is 4.42. The fourth-order valence-electron chi connectivity index (χ4n) is 3.31. The zero-order valence-corrected chi connectivity index (χ0v) is 16.4. The van der Waals surface area contributed by atoms with Gasteiger partial charge < -0.3 is 14.2 Å². The van der Waals surface area contributed by atoms with Crippen LogP contribution in [0.2, 0.25) is 0 Å². The molecule has 2 aromatic rings. The number of benzene rings is 2. The van der Waals surface area contributed by atoms with Crippen molar-refractivity contribution < 1.29 is 23.8 Å². The van der Waals surface area contributed by atoms with Gasteiger partial charge in [0.25, 0.3) is 0 Å². The summed E-state index contributed by atoms with van der Waals surface area (Å²) in [4.78, 5) is 23.7. The number of esters is 2. The number of allylic oxidation sites excluding steroid dienone is 1. The molecule has 0 radical (unpaired) electrons. The van der Waals surface area contributed by atoms with Crippen LogP contribution in [-0.4, -0.2) is 18.5 Å². The van der Waals surface area contributed by atoms with Crippen LogP contribution in [0.25, 0.3) is 0 Å². The van der Waals surface area contributed by atoms with Crippen LogP contribution < -0.4 is 9.47 Å². The number of hydrogen-bond acceptors (Lipinski definition) is 5. The quantitative estimate of drug-likeness (QED) is 0.435. The molecule has 2 aromatic carbocycles. The minimum absolute atomic E-state index is 0.00180. The van der Waals surface area contributed by atoms with Crippen molar-refractivity contribution >= 4 is 11.9 Å². The second-order valence-corrected chi connectivity index (χ2v) is 6.80. The molecule has 0 spiro atoms. The lowest BCUT2D eigenvalue weighted by Gasteiger charge is -2.26. The van der Waals surface area contributed by atoms with Crippen molar-refractivity contribution in [1.29, 1.82) is 0 Å². The smallest absolute Gasteiger partial charge is 0.422 e. The lowest BCUT2D eigenvalue weighted by Crippen LogP contribution is -2.24. The molecule has 1 aliphatic rings. The molecule has 0 aliphatic carbocycles. The summed E-state index contributed by atoms with van der Waals surface area (Å²) >= 11 is 0. The molecule has 0 fully saturated rings. The van der Waals surface area contributed by atoms with Gasteiger partial charge in [-0.15, -0.1) is 0 Å². The van der Waals surface area contributed by atoms with Crippen molar-refractivity contribution in [3.8, 4) is 11.5 Å². The Kier molecular flexibility index (Phi) is 6.14. The van der Waals surface area contributed by atoms with Crippen LogP contribution in [0.5, 0.6) is 11.5 Å². The predicted molar refractivity (Wildman–Crippen MR) is 105 cm³/mol. The average molecular weight is 380 g/mol. The van der Waals surface area contributed by atoms with Crippen molar-refractivity contribution in [3.63, 3.8) is 0 Å². The maximum absolute atomic E-state index is 12.0. The molecular weight excluding hydrogens is 356 g/mol. The van der Waals surface area contributed by atoms with Crippen LogP contribution in [-0.2, 0) is 20.7 Å². The third-order valence-corrected chi connectivity index (χ3v) is 4.76. The maximum Gasteiger partial charge on any atom is 0.422 e. The summed E-state index contributed by atoms with van der Waals surface area (Å²) in [5, 5.41) is 0. The highest BCUT2D eigenvalue weighted by Gasteiger charge is 2.28. The van der Waals surface area contributed by atoms with Crippen LogP contribution in [0.15, 0.2) is 54.3 Å². The van der Waals surface area contributed by atoms with E-state index in [-0.39, 0.29) is 12.5 Å². The Balaban J connectivity index is 1.81. The number of carbonyl (C=O) groups is 2. The number of hydrogen-bond donors (Lipinski definition) is 0. The average Bonchev–Trinajstić information content (AvgIpc) is 2.68. The van der Waals surface area contributed by atoms with Crippen LogP contribution >= 0.6 is 0 Å². The monoisotopic (exact) mass is 380 g/mol. The molecule has 5 heteroatoms. The Morgan fingerprint density at radius 1 is 1.07 bits per heavy atom. The zero-order chi connectivity index (χ0) is 20.1. The van der Waals surface area contributed by atoms with E-state index in [1.807, 2.05) is 31.2 Å². The Hall–Kier alpha value is -3.08. The van der Waals surface area contributed by atoms with Gasteiger partial charge in [-0.3, -0.25) is 0 Å². The summed E-state index contributed by atoms with van der Waals surface area (Å²) in [6.45, 7) is 5.69. The molecular formula is C23H24O5. The van der Waals surface area contributed by atoms with Crippen LogP contribution in [0.3, 0.4) is 0 Å².